The van der Waals surface area contributed by atoms with Gasteiger partial charge >= 0.3 is 5.97 Å². The first-order valence-corrected chi connectivity index (χ1v) is 17.5. The maximum Gasteiger partial charge on any atom is 0.315 e. The Bertz CT molecular complexity index is 1270. The third-order valence-corrected chi connectivity index (χ3v) is 16.1. The second kappa shape index (κ2) is 9.23. The minimum Gasteiger partial charge on any atom is -0.455 e. The van der Waals surface area contributed by atoms with Crippen LogP contribution in [-0.2, 0) is 23.7 Å². The van der Waals surface area contributed by atoms with E-state index in [4.69, 9.17) is 18.9 Å². The smallest absolute Gasteiger partial charge is 0.315 e. The molecule has 3 heterocycles. The Kier molecular flexibility index (Phi) is 6.44. The summed E-state index contributed by atoms with van der Waals surface area (Å²) in [5.41, 5.74) is -3.25. The minimum atomic E-state index is -1.39. The van der Waals surface area contributed by atoms with E-state index in [-0.39, 0.29) is 65.4 Å². The summed E-state index contributed by atoms with van der Waals surface area (Å²) in [6.45, 7) is 13.4. The number of hydrogen-bond acceptors (Lipinski definition) is 10. The highest BCUT2D eigenvalue weighted by Gasteiger charge is 2.90. The maximum absolute atomic E-state index is 14.0. The highest BCUT2D eigenvalue weighted by Crippen LogP contribution is 2.83. The fraction of sp³-hybridized carbons (Fsp3) is 0.971. The zero-order chi connectivity index (χ0) is 32.3. The van der Waals surface area contributed by atoms with Crippen LogP contribution in [0, 0.1) is 50.2 Å². The van der Waals surface area contributed by atoms with Crippen molar-refractivity contribution in [3.63, 3.8) is 0 Å². The van der Waals surface area contributed by atoms with Gasteiger partial charge in [-0.2, -0.15) is 0 Å². The Balaban J connectivity index is 1.16. The van der Waals surface area contributed by atoms with E-state index in [1.807, 2.05) is 0 Å². The van der Waals surface area contributed by atoms with Crippen LogP contribution < -0.4 is 0 Å². The van der Waals surface area contributed by atoms with Gasteiger partial charge in [-0.3, -0.25) is 4.79 Å². The standard InChI is InChI=1S/C35H54O10/c1-29(2)11-12-34-19(13-29)35(45-28(34)41)26-24(44-26)25-30(3)9-8-21(43-27-23(40)22(39)17(37)15-42-27)31(4,16-36)18(30)7-10-32(25,5)33(35,6)14-20(34)38/h17-27,36-40H,7-16H2,1-6H3/t17-,18+,19+,20+,21-,22-,23+,24-,25+,26-,27-,30-,31-,32+,33-,34+,35+/m0/s1. The van der Waals surface area contributed by atoms with Crippen molar-refractivity contribution in [1.82, 2.24) is 0 Å². The van der Waals surface area contributed by atoms with Gasteiger partial charge in [-0.05, 0) is 79.4 Å². The maximum atomic E-state index is 14.0. The van der Waals surface area contributed by atoms with Crippen LogP contribution in [0.1, 0.15) is 92.9 Å². The Hall–Kier alpha value is -0.850. The molecule has 254 valence electrons. The van der Waals surface area contributed by atoms with Crippen molar-refractivity contribution in [3.8, 4) is 0 Å². The zero-order valence-corrected chi connectivity index (χ0v) is 27.7. The van der Waals surface area contributed by atoms with Crippen molar-refractivity contribution in [3.05, 3.63) is 0 Å². The van der Waals surface area contributed by atoms with E-state index in [0.29, 0.717) is 19.3 Å². The van der Waals surface area contributed by atoms with Crippen molar-refractivity contribution >= 4 is 5.97 Å². The van der Waals surface area contributed by atoms with Crippen LogP contribution in [0.4, 0.5) is 0 Å². The first kappa shape index (κ1) is 31.4. The Labute approximate surface area is 266 Å². The summed E-state index contributed by atoms with van der Waals surface area (Å²) in [5, 5.41) is 54.0. The molecule has 8 rings (SSSR count). The number of carbonyl (C=O) groups excluding carboxylic acids is 1. The topological polar surface area (TPSA) is 158 Å². The van der Waals surface area contributed by atoms with E-state index in [0.717, 1.165) is 32.1 Å². The third kappa shape index (κ3) is 3.47. The lowest BCUT2D eigenvalue weighted by Crippen LogP contribution is -2.76. The lowest BCUT2D eigenvalue weighted by molar-refractivity contribution is -0.321. The molecule has 0 aromatic rings. The van der Waals surface area contributed by atoms with Crippen LogP contribution >= 0.6 is 0 Å². The fourth-order valence-electron chi connectivity index (χ4n) is 13.5. The molecule has 5 saturated carbocycles. The van der Waals surface area contributed by atoms with Crippen LogP contribution in [0.5, 0.6) is 0 Å². The quantitative estimate of drug-likeness (QED) is 0.177. The van der Waals surface area contributed by atoms with Crippen LogP contribution in [0.15, 0.2) is 0 Å². The lowest BCUT2D eigenvalue weighted by Gasteiger charge is -2.73. The molecular formula is C35H54O10. The molecule has 0 aromatic heterocycles. The first-order chi connectivity index (χ1) is 21.0. The Morgan fingerprint density at radius 3 is 2.33 bits per heavy atom. The van der Waals surface area contributed by atoms with Crippen molar-refractivity contribution in [2.45, 2.75) is 148 Å². The van der Waals surface area contributed by atoms with Gasteiger partial charge in [0.05, 0.1) is 31.5 Å². The third-order valence-electron chi connectivity index (χ3n) is 16.1. The molecule has 0 radical (unpaired) electrons. The minimum absolute atomic E-state index is 0.0456. The number of ether oxygens (including phenoxy) is 4. The number of aliphatic hydroxyl groups excluding tert-OH is 5. The van der Waals surface area contributed by atoms with Gasteiger partial charge in [-0.15, -0.1) is 0 Å². The van der Waals surface area contributed by atoms with Crippen molar-refractivity contribution < 1.29 is 49.3 Å². The summed E-state index contributed by atoms with van der Waals surface area (Å²) in [6.07, 6.45) is -0.490. The number of carbonyl (C=O) groups is 1. The van der Waals surface area contributed by atoms with Crippen molar-refractivity contribution in [1.29, 1.82) is 0 Å². The summed E-state index contributed by atoms with van der Waals surface area (Å²) < 4.78 is 25.6. The van der Waals surface area contributed by atoms with Crippen LogP contribution in [-0.4, -0.2) is 99.3 Å². The first-order valence-electron chi connectivity index (χ1n) is 17.5. The molecule has 1 spiro atoms. The molecular weight excluding hydrogens is 580 g/mol. The van der Waals surface area contributed by atoms with E-state index >= 15 is 0 Å². The number of rotatable bonds is 3. The van der Waals surface area contributed by atoms with Crippen molar-refractivity contribution in [2.75, 3.05) is 13.2 Å². The SMILES string of the molecule is CC1(C)CC[C@@]23C(=O)O[C@]4([C@@H]2C1)[C@H]1O[C@H]1[C@@H]1[C@@]2(C)CC[C@H](O[C@@H]5OC[C@H](O)[C@H](O)[C@H]5O)[C@@](C)(CO)[C@@H]2CC[C@@]1(C)[C@]4(C)C[C@H]3O. The average Bonchev–Trinajstić information content (AvgIpc) is 3.72. The van der Waals surface area contributed by atoms with Gasteiger partial charge in [-0.1, -0.05) is 41.5 Å². The fourth-order valence-corrected chi connectivity index (χ4v) is 13.5. The van der Waals surface area contributed by atoms with Gasteiger partial charge in [-0.25, -0.2) is 0 Å². The van der Waals surface area contributed by atoms with E-state index in [1.54, 1.807) is 0 Å². The van der Waals surface area contributed by atoms with Gasteiger partial charge in [0.1, 0.15) is 29.8 Å². The molecule has 3 saturated heterocycles. The van der Waals surface area contributed by atoms with Gasteiger partial charge < -0.3 is 44.5 Å². The van der Waals surface area contributed by atoms with Crippen LogP contribution in [0.2, 0.25) is 0 Å². The molecule has 10 nitrogen and oxygen atoms in total. The van der Waals surface area contributed by atoms with Gasteiger partial charge in [0.2, 0.25) is 0 Å². The van der Waals surface area contributed by atoms with Crippen molar-refractivity contribution in [2.24, 2.45) is 50.2 Å². The number of fused-ring (bicyclic) bond motifs is 6. The van der Waals surface area contributed by atoms with Gasteiger partial charge in [0.25, 0.3) is 0 Å². The highest BCUT2D eigenvalue weighted by molar-refractivity contribution is 5.83. The predicted molar refractivity (Wildman–Crippen MR) is 159 cm³/mol. The molecule has 0 amide bonds. The highest BCUT2D eigenvalue weighted by atomic mass is 16.7. The second-order valence-electron chi connectivity index (χ2n) is 18.3. The normalized spacial score (nSPS) is 62.5. The summed E-state index contributed by atoms with van der Waals surface area (Å²) >= 11 is 0. The number of hydrogen-bond donors (Lipinski definition) is 5. The second-order valence-corrected chi connectivity index (χ2v) is 18.3. The number of aliphatic hydroxyl groups is 5. The van der Waals surface area contributed by atoms with Gasteiger partial charge in [0.15, 0.2) is 11.9 Å². The molecule has 8 fully saturated rings. The summed E-state index contributed by atoms with van der Waals surface area (Å²) in [4.78, 5) is 14.0. The lowest BCUT2D eigenvalue weighted by atomic mass is 9.30. The molecule has 0 aromatic carbocycles. The number of esters is 1. The van der Waals surface area contributed by atoms with E-state index in [1.165, 1.54) is 0 Å². The predicted octanol–water partition coefficient (Wildman–Crippen LogP) is 2.30. The van der Waals surface area contributed by atoms with E-state index in [9.17, 15) is 30.3 Å². The molecule has 5 aliphatic carbocycles. The van der Waals surface area contributed by atoms with E-state index in [2.05, 4.69) is 41.5 Å². The summed E-state index contributed by atoms with van der Waals surface area (Å²) in [6, 6.07) is 0. The van der Waals surface area contributed by atoms with Crippen LogP contribution in [0.25, 0.3) is 0 Å². The summed E-state index contributed by atoms with van der Waals surface area (Å²) in [5.74, 6) is -0.111. The molecule has 3 aliphatic heterocycles. The molecule has 8 aliphatic rings. The van der Waals surface area contributed by atoms with E-state index < -0.39 is 58.7 Å². The largest absolute Gasteiger partial charge is 0.455 e. The summed E-state index contributed by atoms with van der Waals surface area (Å²) in [7, 11) is 0. The molecule has 0 unspecified atom stereocenters. The monoisotopic (exact) mass is 634 g/mol. The molecule has 45 heavy (non-hydrogen) atoms. The van der Waals surface area contributed by atoms with Crippen LogP contribution in [0.3, 0.4) is 0 Å². The molecule has 5 N–H and O–H groups in total. The zero-order valence-electron chi connectivity index (χ0n) is 27.7. The van der Waals surface area contributed by atoms with Gasteiger partial charge in [0, 0.05) is 16.7 Å². The number of epoxide rings is 1. The molecule has 17 atom stereocenters. The Morgan fingerprint density at radius 2 is 1.62 bits per heavy atom. The average molecular weight is 635 g/mol. The molecule has 2 bridgehead atoms. The molecule has 10 heteroatoms. The Morgan fingerprint density at radius 1 is 0.889 bits per heavy atom.